The minimum Gasteiger partial charge on any atom is -0.315 e. The molecule has 0 unspecified atom stereocenters. The lowest BCUT2D eigenvalue weighted by Crippen LogP contribution is -2.43. The van der Waals surface area contributed by atoms with E-state index in [-0.39, 0.29) is 17.8 Å². The van der Waals surface area contributed by atoms with Gasteiger partial charge in [-0.15, -0.1) is 12.4 Å². The van der Waals surface area contributed by atoms with Crippen LogP contribution in [0.3, 0.4) is 0 Å². The van der Waals surface area contributed by atoms with E-state index in [9.17, 15) is 5.26 Å². The molecule has 4 heteroatoms. The topological polar surface area (TPSA) is 39.1 Å². The van der Waals surface area contributed by atoms with Crippen molar-refractivity contribution in [3.63, 3.8) is 0 Å². The van der Waals surface area contributed by atoms with Crippen molar-refractivity contribution in [3.8, 4) is 6.07 Å². The molecule has 1 aliphatic carbocycles. The molecule has 1 aromatic carbocycles. The Morgan fingerprint density at radius 2 is 1.82 bits per heavy atom. The van der Waals surface area contributed by atoms with Gasteiger partial charge >= 0.3 is 0 Å². The smallest absolute Gasteiger partial charge is 0.0823 e. The van der Waals surface area contributed by atoms with Gasteiger partial charge < -0.3 is 5.32 Å². The van der Waals surface area contributed by atoms with Gasteiger partial charge in [0.05, 0.1) is 11.5 Å². The predicted octanol–water partition coefficient (Wildman–Crippen LogP) is 3.11. The number of hydrogen-bond donors (Lipinski definition) is 1. The first-order valence-electron chi connectivity index (χ1n) is 8.26. The maximum atomic E-state index is 9.76. The molecular weight excluding hydrogens is 294 g/mol. The maximum absolute atomic E-state index is 9.76. The van der Waals surface area contributed by atoms with Crippen molar-refractivity contribution >= 4 is 12.4 Å². The number of hydrogen-bond acceptors (Lipinski definition) is 3. The molecule has 0 amide bonds. The summed E-state index contributed by atoms with van der Waals surface area (Å²) in [6.07, 6.45) is 5.56. The van der Waals surface area contributed by atoms with Gasteiger partial charge in [0.15, 0.2) is 0 Å². The Bertz CT molecular complexity index is 481. The Morgan fingerprint density at radius 1 is 1.09 bits per heavy atom. The molecule has 3 rings (SSSR count). The second-order valence-electron chi connectivity index (χ2n) is 6.43. The highest BCUT2D eigenvalue weighted by atomic mass is 35.5. The minimum atomic E-state index is -0.248. The number of benzene rings is 1. The van der Waals surface area contributed by atoms with Crippen LogP contribution in [0.25, 0.3) is 0 Å². The third-order valence-electron chi connectivity index (χ3n) is 5.24. The summed E-state index contributed by atoms with van der Waals surface area (Å²) in [6, 6.07) is 13.7. The first-order chi connectivity index (χ1) is 10.3. The van der Waals surface area contributed by atoms with E-state index in [1.807, 2.05) is 6.07 Å². The van der Waals surface area contributed by atoms with Crippen LogP contribution in [-0.4, -0.2) is 37.1 Å². The van der Waals surface area contributed by atoms with Gasteiger partial charge in [0, 0.05) is 19.1 Å². The van der Waals surface area contributed by atoms with Crippen LogP contribution in [0, 0.1) is 11.3 Å². The van der Waals surface area contributed by atoms with Crippen LogP contribution in [0.15, 0.2) is 30.3 Å². The van der Waals surface area contributed by atoms with Gasteiger partial charge in [0.25, 0.3) is 0 Å². The second kappa shape index (κ2) is 7.97. The second-order valence-corrected chi connectivity index (χ2v) is 6.43. The number of nitriles is 1. The molecule has 1 N–H and O–H groups in total. The third kappa shape index (κ3) is 3.63. The molecule has 1 aliphatic heterocycles. The summed E-state index contributed by atoms with van der Waals surface area (Å²) < 4.78 is 0. The van der Waals surface area contributed by atoms with E-state index in [0.717, 1.165) is 45.3 Å². The van der Waals surface area contributed by atoms with Gasteiger partial charge in [-0.3, -0.25) is 4.90 Å². The van der Waals surface area contributed by atoms with Crippen LogP contribution in [0.5, 0.6) is 0 Å². The molecule has 0 aromatic heterocycles. The summed E-state index contributed by atoms with van der Waals surface area (Å²) in [5.74, 6) is 0. The standard InChI is InChI=1S/C18H25N3.ClH/c19-15-18(16-5-2-1-3-6-16)9-7-17(8-10-18)21-13-4-11-20-12-14-21;/h1-3,5-6,17,20H,4,7-14H2;1H. The van der Waals surface area contributed by atoms with Crippen LogP contribution >= 0.6 is 12.4 Å². The Balaban J connectivity index is 0.00000176. The summed E-state index contributed by atoms with van der Waals surface area (Å²) in [6.45, 7) is 4.63. The van der Waals surface area contributed by atoms with Gasteiger partial charge in [0.2, 0.25) is 0 Å². The van der Waals surface area contributed by atoms with Crippen molar-refractivity contribution in [2.24, 2.45) is 0 Å². The monoisotopic (exact) mass is 319 g/mol. The summed E-state index contributed by atoms with van der Waals surface area (Å²) in [7, 11) is 0. The average molecular weight is 320 g/mol. The highest BCUT2D eigenvalue weighted by Crippen LogP contribution is 2.40. The van der Waals surface area contributed by atoms with E-state index >= 15 is 0 Å². The molecule has 120 valence electrons. The zero-order valence-corrected chi connectivity index (χ0v) is 13.9. The van der Waals surface area contributed by atoms with Crippen molar-refractivity contribution in [2.75, 3.05) is 26.2 Å². The van der Waals surface area contributed by atoms with Crippen LogP contribution in [-0.2, 0) is 5.41 Å². The zero-order valence-electron chi connectivity index (χ0n) is 13.1. The summed E-state index contributed by atoms with van der Waals surface area (Å²) in [5.41, 5.74) is 0.963. The van der Waals surface area contributed by atoms with Crippen molar-refractivity contribution < 1.29 is 0 Å². The summed E-state index contributed by atoms with van der Waals surface area (Å²) in [4.78, 5) is 2.65. The molecule has 22 heavy (non-hydrogen) atoms. The van der Waals surface area contributed by atoms with Crippen LogP contribution < -0.4 is 5.32 Å². The number of nitrogens with zero attached hydrogens (tertiary/aromatic N) is 2. The highest BCUT2D eigenvalue weighted by molar-refractivity contribution is 5.85. The molecule has 0 atom stereocenters. The van der Waals surface area contributed by atoms with E-state index in [4.69, 9.17) is 0 Å². The van der Waals surface area contributed by atoms with Crippen molar-refractivity contribution in [1.82, 2.24) is 10.2 Å². The maximum Gasteiger partial charge on any atom is 0.0823 e. The van der Waals surface area contributed by atoms with Crippen molar-refractivity contribution in [2.45, 2.75) is 43.6 Å². The first kappa shape index (κ1) is 17.3. The van der Waals surface area contributed by atoms with Crippen molar-refractivity contribution in [1.29, 1.82) is 5.26 Å². The molecule has 1 saturated heterocycles. The number of nitrogens with one attached hydrogen (secondary N) is 1. The summed E-state index contributed by atoms with van der Waals surface area (Å²) >= 11 is 0. The molecule has 1 heterocycles. The largest absolute Gasteiger partial charge is 0.315 e. The Hall–Kier alpha value is -1.08. The number of halogens is 1. The zero-order chi connectivity index (χ0) is 14.5. The van der Waals surface area contributed by atoms with Crippen LogP contribution in [0.2, 0.25) is 0 Å². The fraction of sp³-hybridized carbons (Fsp3) is 0.611. The molecule has 0 radical (unpaired) electrons. The van der Waals surface area contributed by atoms with E-state index in [2.05, 4.69) is 40.6 Å². The lowest BCUT2D eigenvalue weighted by molar-refractivity contribution is 0.145. The lowest BCUT2D eigenvalue weighted by atomic mass is 9.69. The SMILES string of the molecule is Cl.N#CC1(c2ccccc2)CCC(N2CCCNCC2)CC1. The molecule has 0 bridgehead atoms. The molecule has 1 aromatic rings. The Morgan fingerprint density at radius 3 is 2.50 bits per heavy atom. The quantitative estimate of drug-likeness (QED) is 0.910. The summed E-state index contributed by atoms with van der Waals surface area (Å²) in [5, 5.41) is 13.2. The fourth-order valence-corrected chi connectivity index (χ4v) is 3.91. The van der Waals surface area contributed by atoms with Crippen LogP contribution in [0.1, 0.15) is 37.7 Å². The molecular formula is C18H26ClN3. The van der Waals surface area contributed by atoms with E-state index < -0.39 is 0 Å². The molecule has 2 fully saturated rings. The molecule has 0 spiro atoms. The average Bonchev–Trinajstić information content (AvgIpc) is 2.85. The van der Waals surface area contributed by atoms with E-state index in [0.29, 0.717) is 6.04 Å². The lowest BCUT2D eigenvalue weighted by Gasteiger charge is -2.40. The normalized spacial score (nSPS) is 29.9. The van der Waals surface area contributed by atoms with Gasteiger partial charge in [-0.2, -0.15) is 5.26 Å². The Labute approximate surface area is 140 Å². The number of rotatable bonds is 2. The third-order valence-corrected chi connectivity index (χ3v) is 5.24. The van der Waals surface area contributed by atoms with Gasteiger partial charge in [-0.25, -0.2) is 0 Å². The van der Waals surface area contributed by atoms with E-state index in [1.165, 1.54) is 18.5 Å². The predicted molar refractivity (Wildman–Crippen MR) is 92.3 cm³/mol. The Kier molecular flexibility index (Phi) is 6.26. The molecule has 3 nitrogen and oxygen atoms in total. The van der Waals surface area contributed by atoms with Crippen LogP contribution in [0.4, 0.5) is 0 Å². The first-order valence-corrected chi connectivity index (χ1v) is 8.26. The highest BCUT2D eigenvalue weighted by Gasteiger charge is 2.38. The van der Waals surface area contributed by atoms with E-state index in [1.54, 1.807) is 0 Å². The van der Waals surface area contributed by atoms with Crippen molar-refractivity contribution in [3.05, 3.63) is 35.9 Å². The van der Waals surface area contributed by atoms with Gasteiger partial charge in [-0.05, 0) is 50.8 Å². The molecule has 1 saturated carbocycles. The van der Waals surface area contributed by atoms with Gasteiger partial charge in [0.1, 0.15) is 0 Å². The fourth-order valence-electron chi connectivity index (χ4n) is 3.91. The minimum absolute atomic E-state index is 0. The van der Waals surface area contributed by atoms with Gasteiger partial charge in [-0.1, -0.05) is 30.3 Å². The molecule has 2 aliphatic rings.